The van der Waals surface area contributed by atoms with Gasteiger partial charge in [0.05, 0.1) is 6.04 Å². The summed E-state index contributed by atoms with van der Waals surface area (Å²) >= 11 is 5.05. The average Bonchev–Trinajstić information content (AvgIpc) is 2.86. The van der Waals surface area contributed by atoms with E-state index in [9.17, 15) is 9.59 Å². The summed E-state index contributed by atoms with van der Waals surface area (Å²) in [5, 5.41) is 5.69. The van der Waals surface area contributed by atoms with E-state index in [4.69, 9.17) is 0 Å². The van der Waals surface area contributed by atoms with Crippen LogP contribution in [-0.4, -0.2) is 17.9 Å². The summed E-state index contributed by atoms with van der Waals surface area (Å²) in [6, 6.07) is 8.41. The first kappa shape index (κ1) is 18.7. The molecule has 0 spiro atoms. The van der Waals surface area contributed by atoms with Gasteiger partial charge in [0.25, 0.3) is 5.91 Å². The highest BCUT2D eigenvalue weighted by atomic mass is 79.9. The second-order valence-electron chi connectivity index (χ2n) is 5.80. The van der Waals surface area contributed by atoms with E-state index in [-0.39, 0.29) is 17.9 Å². The monoisotopic (exact) mass is 408 g/mol. The van der Waals surface area contributed by atoms with Crippen LogP contribution in [0.25, 0.3) is 0 Å². The second-order valence-corrected chi connectivity index (χ2v) is 8.18. The molecule has 6 heteroatoms. The third-order valence-corrected chi connectivity index (χ3v) is 5.26. The van der Waals surface area contributed by atoms with Gasteiger partial charge in [-0.25, -0.2) is 0 Å². The molecule has 0 fully saturated rings. The molecule has 0 saturated heterocycles. The van der Waals surface area contributed by atoms with Gasteiger partial charge in [-0.05, 0) is 63.6 Å². The molecule has 0 radical (unpaired) electrons. The highest BCUT2D eigenvalue weighted by Gasteiger charge is 2.20. The number of hydrogen-bond acceptors (Lipinski definition) is 3. The van der Waals surface area contributed by atoms with Crippen LogP contribution >= 0.6 is 27.3 Å². The number of amides is 2. The molecular weight excluding hydrogens is 388 g/mol. The van der Waals surface area contributed by atoms with E-state index in [1.54, 1.807) is 42.5 Å². The molecule has 2 amide bonds. The van der Waals surface area contributed by atoms with Crippen LogP contribution in [0.3, 0.4) is 0 Å². The van der Waals surface area contributed by atoms with E-state index in [1.807, 2.05) is 13.8 Å². The smallest absolute Gasteiger partial charge is 0.251 e. The highest BCUT2D eigenvalue weighted by Crippen LogP contribution is 2.26. The molecule has 0 bridgehead atoms. The van der Waals surface area contributed by atoms with Gasteiger partial charge in [-0.15, -0.1) is 11.3 Å². The molecule has 2 atom stereocenters. The molecule has 2 aromatic rings. The van der Waals surface area contributed by atoms with E-state index in [0.717, 1.165) is 10.0 Å². The van der Waals surface area contributed by atoms with Gasteiger partial charge in [0.2, 0.25) is 5.91 Å². The lowest BCUT2D eigenvalue weighted by atomic mass is 10.1. The van der Waals surface area contributed by atoms with Crippen molar-refractivity contribution in [3.63, 3.8) is 0 Å². The van der Waals surface area contributed by atoms with Crippen LogP contribution in [0.1, 0.15) is 45.6 Å². The van der Waals surface area contributed by atoms with Crippen molar-refractivity contribution in [3.05, 3.63) is 55.7 Å². The largest absolute Gasteiger partial charge is 0.348 e. The quantitative estimate of drug-likeness (QED) is 0.781. The zero-order valence-corrected chi connectivity index (χ0v) is 16.5. The fourth-order valence-corrected chi connectivity index (χ4v) is 3.73. The van der Waals surface area contributed by atoms with Crippen LogP contribution in [0, 0.1) is 13.8 Å². The molecule has 0 saturated carbocycles. The summed E-state index contributed by atoms with van der Waals surface area (Å²) < 4.78 is 0.903. The highest BCUT2D eigenvalue weighted by molar-refractivity contribution is 9.10. The normalized spacial score (nSPS) is 13.2. The molecule has 0 aliphatic carbocycles. The number of thiophene rings is 1. The van der Waals surface area contributed by atoms with Gasteiger partial charge in [0.15, 0.2) is 0 Å². The van der Waals surface area contributed by atoms with Crippen molar-refractivity contribution in [3.8, 4) is 0 Å². The van der Waals surface area contributed by atoms with E-state index >= 15 is 0 Å². The van der Waals surface area contributed by atoms with E-state index < -0.39 is 6.04 Å². The van der Waals surface area contributed by atoms with Gasteiger partial charge in [-0.2, -0.15) is 0 Å². The van der Waals surface area contributed by atoms with Crippen molar-refractivity contribution in [2.75, 3.05) is 0 Å². The van der Waals surface area contributed by atoms with E-state index in [0.29, 0.717) is 5.56 Å². The number of hydrogen-bond donors (Lipinski definition) is 2. The molecule has 24 heavy (non-hydrogen) atoms. The number of halogens is 1. The van der Waals surface area contributed by atoms with Gasteiger partial charge in [-0.3, -0.25) is 9.59 Å². The minimum absolute atomic E-state index is 0.0884. The molecule has 2 rings (SSSR count). The Morgan fingerprint density at radius 1 is 1.08 bits per heavy atom. The molecule has 1 aromatic heterocycles. The van der Waals surface area contributed by atoms with Crippen LogP contribution in [0.15, 0.2) is 34.8 Å². The van der Waals surface area contributed by atoms with Gasteiger partial charge < -0.3 is 10.6 Å². The van der Waals surface area contributed by atoms with E-state index in [1.165, 1.54) is 9.75 Å². The van der Waals surface area contributed by atoms with Crippen molar-refractivity contribution in [2.24, 2.45) is 0 Å². The Labute approximate surface area is 154 Å². The molecule has 1 heterocycles. The molecule has 128 valence electrons. The number of benzene rings is 1. The van der Waals surface area contributed by atoms with Gasteiger partial charge in [-0.1, -0.05) is 15.9 Å². The Morgan fingerprint density at radius 3 is 2.25 bits per heavy atom. The van der Waals surface area contributed by atoms with Gasteiger partial charge in [0, 0.05) is 19.8 Å². The fraction of sp³-hybridized carbons (Fsp3) is 0.333. The molecule has 1 aromatic carbocycles. The zero-order valence-electron chi connectivity index (χ0n) is 14.1. The van der Waals surface area contributed by atoms with Crippen LogP contribution in [0.5, 0.6) is 0 Å². The maximum absolute atomic E-state index is 12.3. The zero-order chi connectivity index (χ0) is 17.9. The van der Waals surface area contributed by atoms with E-state index in [2.05, 4.69) is 39.6 Å². The molecule has 2 unspecified atom stereocenters. The molecule has 0 aliphatic heterocycles. The van der Waals surface area contributed by atoms with Gasteiger partial charge >= 0.3 is 0 Å². The van der Waals surface area contributed by atoms with Crippen molar-refractivity contribution in [2.45, 2.75) is 39.8 Å². The third-order valence-electron chi connectivity index (χ3n) is 3.75. The Bertz CT molecular complexity index is 740. The Balaban J connectivity index is 1.95. The van der Waals surface area contributed by atoms with Crippen molar-refractivity contribution in [1.29, 1.82) is 0 Å². The fourth-order valence-electron chi connectivity index (χ4n) is 2.44. The molecule has 0 aliphatic rings. The lowest BCUT2D eigenvalue weighted by molar-refractivity contribution is -0.123. The summed E-state index contributed by atoms with van der Waals surface area (Å²) in [5.74, 6) is -0.462. The Hall–Kier alpha value is -1.66. The minimum atomic E-state index is -0.608. The predicted octanol–water partition coefficient (Wildman–Crippen LogP) is 4.12. The van der Waals surface area contributed by atoms with Crippen LogP contribution in [-0.2, 0) is 4.79 Å². The first-order chi connectivity index (χ1) is 11.3. The Morgan fingerprint density at radius 2 is 1.71 bits per heavy atom. The molecular formula is C18H21BrN2O2S. The number of nitrogens with one attached hydrogen (secondary N) is 2. The maximum Gasteiger partial charge on any atom is 0.251 e. The standard InChI is InChI=1S/C18H21BrN2O2S/c1-10-9-16(13(4)24-10)11(2)20-17(22)12(3)21-18(23)14-5-7-15(19)8-6-14/h5-9,11-12H,1-4H3,(H,20,22)(H,21,23). The number of rotatable bonds is 5. The molecule has 4 nitrogen and oxygen atoms in total. The maximum atomic E-state index is 12.3. The van der Waals surface area contributed by atoms with Crippen molar-refractivity contribution >= 4 is 39.1 Å². The minimum Gasteiger partial charge on any atom is -0.348 e. The number of carbonyl (C=O) groups is 2. The SMILES string of the molecule is Cc1cc(C(C)NC(=O)C(C)NC(=O)c2ccc(Br)cc2)c(C)s1. The predicted molar refractivity (Wildman–Crippen MR) is 101 cm³/mol. The number of carbonyl (C=O) groups excluding carboxylic acids is 2. The summed E-state index contributed by atoms with van der Waals surface area (Å²) in [5.41, 5.74) is 1.65. The summed E-state index contributed by atoms with van der Waals surface area (Å²) in [6.45, 7) is 7.74. The summed E-state index contributed by atoms with van der Waals surface area (Å²) in [4.78, 5) is 26.9. The average molecular weight is 409 g/mol. The number of aryl methyl sites for hydroxylation is 2. The first-order valence-electron chi connectivity index (χ1n) is 7.71. The van der Waals surface area contributed by atoms with Crippen molar-refractivity contribution in [1.82, 2.24) is 10.6 Å². The molecule has 2 N–H and O–H groups in total. The van der Waals surface area contributed by atoms with Crippen LogP contribution in [0.4, 0.5) is 0 Å². The first-order valence-corrected chi connectivity index (χ1v) is 9.32. The second kappa shape index (κ2) is 7.94. The van der Waals surface area contributed by atoms with Crippen molar-refractivity contribution < 1.29 is 9.59 Å². The summed E-state index contributed by atoms with van der Waals surface area (Å²) in [6.07, 6.45) is 0. The lowest BCUT2D eigenvalue weighted by Crippen LogP contribution is -2.45. The Kier molecular flexibility index (Phi) is 6.18. The van der Waals surface area contributed by atoms with Gasteiger partial charge in [0.1, 0.15) is 6.04 Å². The lowest BCUT2D eigenvalue weighted by Gasteiger charge is -2.18. The summed E-state index contributed by atoms with van der Waals surface area (Å²) in [7, 11) is 0. The topological polar surface area (TPSA) is 58.2 Å². The van der Waals surface area contributed by atoms with Crippen LogP contribution in [0.2, 0.25) is 0 Å². The van der Waals surface area contributed by atoms with Crippen LogP contribution < -0.4 is 10.6 Å². The third kappa shape index (κ3) is 4.68.